The molecule has 1 amide bonds. The Morgan fingerprint density at radius 3 is 2.73 bits per heavy atom. The zero-order chi connectivity index (χ0) is 18.4. The third-order valence-electron chi connectivity index (χ3n) is 4.00. The Hall–Kier alpha value is -3.15. The summed E-state index contributed by atoms with van der Waals surface area (Å²) < 4.78 is 20.3. The van der Waals surface area contributed by atoms with E-state index in [2.05, 4.69) is 10.4 Å². The van der Waals surface area contributed by atoms with Gasteiger partial charge in [0.25, 0.3) is 0 Å². The molecular weight excluding hydrogens is 333 g/mol. The van der Waals surface area contributed by atoms with Gasteiger partial charge in [-0.25, -0.2) is 9.07 Å². The molecule has 3 aromatic rings. The number of amides is 1. The molecule has 1 aromatic heterocycles. The second-order valence-corrected chi connectivity index (χ2v) is 5.87. The lowest BCUT2D eigenvalue weighted by Crippen LogP contribution is -2.22. The molecule has 3 rings (SSSR count). The van der Waals surface area contributed by atoms with E-state index < -0.39 is 5.82 Å². The molecule has 0 atom stereocenters. The summed E-state index contributed by atoms with van der Waals surface area (Å²) >= 11 is 0. The van der Waals surface area contributed by atoms with Crippen LogP contribution in [-0.4, -0.2) is 22.8 Å². The van der Waals surface area contributed by atoms with Crippen LogP contribution in [0.2, 0.25) is 0 Å². The molecule has 2 aromatic carbocycles. The fraction of sp³-hybridized carbons (Fsp3) is 0.200. The van der Waals surface area contributed by atoms with E-state index in [1.54, 1.807) is 23.0 Å². The molecule has 0 aliphatic carbocycles. The lowest BCUT2D eigenvalue weighted by molar-refractivity contribution is -0.121. The summed E-state index contributed by atoms with van der Waals surface area (Å²) in [6.45, 7) is 0.405. The van der Waals surface area contributed by atoms with Gasteiger partial charge in [-0.1, -0.05) is 24.3 Å². The van der Waals surface area contributed by atoms with Crippen molar-refractivity contribution in [3.63, 3.8) is 0 Å². The van der Waals surface area contributed by atoms with Crippen molar-refractivity contribution < 1.29 is 13.9 Å². The fourth-order valence-corrected chi connectivity index (χ4v) is 2.59. The van der Waals surface area contributed by atoms with Crippen molar-refractivity contribution in [2.45, 2.75) is 19.4 Å². The predicted octanol–water partition coefficient (Wildman–Crippen LogP) is 3.27. The summed E-state index contributed by atoms with van der Waals surface area (Å²) in [5, 5.41) is 7.16. The number of nitrogens with one attached hydrogen (secondary N) is 1. The van der Waals surface area contributed by atoms with Crippen molar-refractivity contribution in [3.8, 4) is 11.4 Å². The van der Waals surface area contributed by atoms with E-state index in [0.717, 1.165) is 16.8 Å². The quantitative estimate of drug-likeness (QED) is 0.709. The molecule has 1 N–H and O–H groups in total. The first-order chi connectivity index (χ1) is 12.7. The Bertz CT molecular complexity index is 878. The maximum atomic E-state index is 13.7. The SMILES string of the molecule is COc1ccc(CCC(=O)NCc2cnn(-c3ccccc3)c2)cc1F. The monoisotopic (exact) mass is 353 g/mol. The van der Waals surface area contributed by atoms with E-state index in [1.807, 2.05) is 36.5 Å². The third kappa shape index (κ3) is 4.47. The van der Waals surface area contributed by atoms with Crippen LogP contribution in [0.4, 0.5) is 4.39 Å². The Morgan fingerprint density at radius 1 is 1.19 bits per heavy atom. The van der Waals surface area contributed by atoms with Crippen LogP contribution in [0.1, 0.15) is 17.5 Å². The molecule has 134 valence electrons. The second kappa shape index (κ2) is 8.29. The van der Waals surface area contributed by atoms with Gasteiger partial charge in [-0.15, -0.1) is 0 Å². The number of aromatic nitrogens is 2. The third-order valence-corrected chi connectivity index (χ3v) is 4.00. The average molecular weight is 353 g/mol. The molecule has 6 heteroatoms. The summed E-state index contributed by atoms with van der Waals surface area (Å²) in [5.74, 6) is -0.305. The van der Waals surface area contributed by atoms with E-state index in [-0.39, 0.29) is 11.7 Å². The molecule has 0 fully saturated rings. The smallest absolute Gasteiger partial charge is 0.220 e. The second-order valence-electron chi connectivity index (χ2n) is 5.87. The normalized spacial score (nSPS) is 10.5. The standard InChI is InChI=1S/C20H20FN3O2/c1-26-19-9-7-15(11-18(19)21)8-10-20(25)22-12-16-13-23-24(14-16)17-5-3-2-4-6-17/h2-7,9,11,13-14H,8,10,12H2,1H3,(H,22,25). The number of carbonyl (C=O) groups is 1. The molecule has 0 aliphatic rings. The maximum Gasteiger partial charge on any atom is 0.220 e. The molecule has 5 nitrogen and oxygen atoms in total. The van der Waals surface area contributed by atoms with Crippen molar-refractivity contribution in [3.05, 3.63) is 77.9 Å². The number of methoxy groups -OCH3 is 1. The van der Waals surface area contributed by atoms with Gasteiger partial charge >= 0.3 is 0 Å². The molecule has 0 unspecified atom stereocenters. The van der Waals surface area contributed by atoms with Crippen molar-refractivity contribution in [2.75, 3.05) is 7.11 Å². The summed E-state index contributed by atoms with van der Waals surface area (Å²) in [7, 11) is 1.42. The summed E-state index contributed by atoms with van der Waals surface area (Å²) in [6, 6.07) is 14.5. The number of rotatable bonds is 7. The number of hydrogen-bond donors (Lipinski definition) is 1. The van der Waals surface area contributed by atoms with Gasteiger partial charge in [0.05, 0.1) is 19.0 Å². The van der Waals surface area contributed by atoms with Crippen molar-refractivity contribution in [1.82, 2.24) is 15.1 Å². The largest absolute Gasteiger partial charge is 0.494 e. The van der Waals surface area contributed by atoms with Gasteiger partial charge in [-0.05, 0) is 36.2 Å². The van der Waals surface area contributed by atoms with Crippen molar-refractivity contribution >= 4 is 5.91 Å². The maximum absolute atomic E-state index is 13.7. The van der Waals surface area contributed by atoms with Crippen LogP contribution in [-0.2, 0) is 17.8 Å². The summed E-state index contributed by atoms with van der Waals surface area (Å²) in [4.78, 5) is 12.0. The predicted molar refractivity (Wildman–Crippen MR) is 96.7 cm³/mol. The van der Waals surface area contributed by atoms with Crippen LogP contribution < -0.4 is 10.1 Å². The van der Waals surface area contributed by atoms with Crippen LogP contribution >= 0.6 is 0 Å². The van der Waals surface area contributed by atoms with Crippen LogP contribution in [0.3, 0.4) is 0 Å². The van der Waals surface area contributed by atoms with Crippen LogP contribution in [0.25, 0.3) is 5.69 Å². The minimum absolute atomic E-state index is 0.0892. The van der Waals surface area contributed by atoms with Gasteiger partial charge in [0, 0.05) is 24.7 Å². The number of para-hydroxylation sites is 1. The first-order valence-corrected chi connectivity index (χ1v) is 8.34. The Kier molecular flexibility index (Phi) is 5.63. The highest BCUT2D eigenvalue weighted by Gasteiger charge is 2.07. The van der Waals surface area contributed by atoms with Crippen LogP contribution in [0, 0.1) is 5.82 Å². The zero-order valence-electron chi connectivity index (χ0n) is 14.5. The minimum Gasteiger partial charge on any atom is -0.494 e. The summed E-state index contributed by atoms with van der Waals surface area (Å²) in [6.07, 6.45) is 4.37. The van der Waals surface area contributed by atoms with Crippen molar-refractivity contribution in [1.29, 1.82) is 0 Å². The van der Waals surface area contributed by atoms with E-state index in [9.17, 15) is 9.18 Å². The molecular formula is C20H20FN3O2. The molecule has 0 bridgehead atoms. The van der Waals surface area contributed by atoms with Crippen LogP contribution in [0.15, 0.2) is 60.9 Å². The lowest BCUT2D eigenvalue weighted by atomic mass is 10.1. The Labute approximate surface area is 151 Å². The van der Waals surface area contributed by atoms with Gasteiger partial charge in [-0.2, -0.15) is 5.10 Å². The number of carbonyl (C=O) groups excluding carboxylic acids is 1. The van der Waals surface area contributed by atoms with Gasteiger partial charge in [0.2, 0.25) is 5.91 Å². The first kappa shape index (κ1) is 17.7. The molecule has 0 spiro atoms. The molecule has 0 radical (unpaired) electrons. The highest BCUT2D eigenvalue weighted by atomic mass is 19.1. The zero-order valence-corrected chi connectivity index (χ0v) is 14.5. The van der Waals surface area contributed by atoms with Gasteiger partial charge < -0.3 is 10.1 Å². The Morgan fingerprint density at radius 2 is 2.00 bits per heavy atom. The minimum atomic E-state index is -0.418. The van der Waals surface area contributed by atoms with Gasteiger partial charge in [-0.3, -0.25) is 4.79 Å². The number of halogens is 1. The highest BCUT2D eigenvalue weighted by molar-refractivity contribution is 5.76. The topological polar surface area (TPSA) is 56.1 Å². The number of hydrogen-bond acceptors (Lipinski definition) is 3. The molecule has 0 aliphatic heterocycles. The Balaban J connectivity index is 1.49. The van der Waals surface area contributed by atoms with E-state index in [0.29, 0.717) is 19.4 Å². The van der Waals surface area contributed by atoms with E-state index >= 15 is 0 Å². The van der Waals surface area contributed by atoms with E-state index in [4.69, 9.17) is 4.74 Å². The number of aryl methyl sites for hydroxylation is 1. The molecule has 0 saturated heterocycles. The number of ether oxygens (including phenoxy) is 1. The average Bonchev–Trinajstić information content (AvgIpc) is 3.14. The number of benzene rings is 2. The van der Waals surface area contributed by atoms with E-state index in [1.165, 1.54) is 13.2 Å². The first-order valence-electron chi connectivity index (χ1n) is 8.34. The summed E-state index contributed by atoms with van der Waals surface area (Å²) in [5.41, 5.74) is 2.64. The van der Waals surface area contributed by atoms with Crippen LogP contribution in [0.5, 0.6) is 5.75 Å². The van der Waals surface area contributed by atoms with Crippen molar-refractivity contribution in [2.24, 2.45) is 0 Å². The van der Waals surface area contributed by atoms with Gasteiger partial charge in [0.1, 0.15) is 0 Å². The number of nitrogens with zero attached hydrogens (tertiary/aromatic N) is 2. The van der Waals surface area contributed by atoms with Gasteiger partial charge in [0.15, 0.2) is 11.6 Å². The molecule has 0 saturated carbocycles. The fourth-order valence-electron chi connectivity index (χ4n) is 2.59. The highest BCUT2D eigenvalue weighted by Crippen LogP contribution is 2.18. The molecule has 26 heavy (non-hydrogen) atoms. The lowest BCUT2D eigenvalue weighted by Gasteiger charge is -2.06. The molecule has 1 heterocycles.